The van der Waals surface area contributed by atoms with Crippen molar-refractivity contribution in [3.63, 3.8) is 0 Å². The summed E-state index contributed by atoms with van der Waals surface area (Å²) in [5.41, 5.74) is 0.989. The molecule has 6 nitrogen and oxygen atoms in total. The second kappa shape index (κ2) is 10.2. The lowest BCUT2D eigenvalue weighted by molar-refractivity contribution is -0.140. The quantitative estimate of drug-likeness (QED) is 0.651. The summed E-state index contributed by atoms with van der Waals surface area (Å²) < 4.78 is 16.9. The van der Waals surface area contributed by atoms with Gasteiger partial charge in [-0.2, -0.15) is 0 Å². The maximum atomic E-state index is 12.8. The van der Waals surface area contributed by atoms with Crippen molar-refractivity contribution in [2.75, 3.05) is 38.7 Å². The third kappa shape index (κ3) is 5.55. The minimum atomic E-state index is -0.757. The lowest BCUT2D eigenvalue weighted by atomic mass is 9.91. The smallest absolute Gasteiger partial charge is 0.256 e. The van der Waals surface area contributed by atoms with Crippen molar-refractivity contribution in [1.82, 2.24) is 5.32 Å². The van der Waals surface area contributed by atoms with E-state index in [9.17, 15) is 4.79 Å². The highest BCUT2D eigenvalue weighted by atomic mass is 16.5. The molecular formula is C22H28N2O4. The number of anilines is 1. The van der Waals surface area contributed by atoms with Gasteiger partial charge in [0, 0.05) is 12.8 Å². The topological polar surface area (TPSA) is 68.8 Å². The second-order valence-corrected chi connectivity index (χ2v) is 6.82. The van der Waals surface area contributed by atoms with Crippen LogP contribution in [0, 0.1) is 0 Å². The van der Waals surface area contributed by atoms with Gasteiger partial charge < -0.3 is 24.8 Å². The normalized spacial score (nSPS) is 15.8. The molecule has 0 radical (unpaired) electrons. The molecule has 2 aromatic rings. The highest BCUT2D eigenvalue weighted by Crippen LogP contribution is 2.25. The van der Waals surface area contributed by atoms with Crippen molar-refractivity contribution in [1.29, 1.82) is 0 Å². The van der Waals surface area contributed by atoms with Gasteiger partial charge in [0.25, 0.3) is 5.91 Å². The first-order valence-electron chi connectivity index (χ1n) is 9.64. The van der Waals surface area contributed by atoms with Gasteiger partial charge in [-0.25, -0.2) is 0 Å². The number of ether oxygens (including phenoxy) is 3. The summed E-state index contributed by atoms with van der Waals surface area (Å²) in [6.45, 7) is 3.00. The van der Waals surface area contributed by atoms with E-state index < -0.39 is 5.60 Å². The number of methoxy groups -OCH3 is 1. The van der Waals surface area contributed by atoms with Crippen LogP contribution in [-0.2, 0) is 20.9 Å². The van der Waals surface area contributed by atoms with E-state index in [1.54, 1.807) is 7.11 Å². The largest absolute Gasteiger partial charge is 0.491 e. The number of para-hydroxylation sites is 1. The summed E-state index contributed by atoms with van der Waals surface area (Å²) in [4.78, 5) is 12.8. The Hall–Kier alpha value is -2.41. The fraction of sp³-hybridized carbons (Fsp3) is 0.409. The molecule has 2 N–H and O–H groups in total. The molecule has 0 unspecified atom stereocenters. The minimum absolute atomic E-state index is 0.0918. The molecule has 150 valence electrons. The highest BCUT2D eigenvalue weighted by molar-refractivity contribution is 5.97. The summed E-state index contributed by atoms with van der Waals surface area (Å²) in [6, 6.07) is 17.4. The van der Waals surface area contributed by atoms with Crippen molar-refractivity contribution in [3.05, 3.63) is 60.2 Å². The summed E-state index contributed by atoms with van der Waals surface area (Å²) in [5, 5.41) is 6.25. The van der Waals surface area contributed by atoms with E-state index >= 15 is 0 Å². The van der Waals surface area contributed by atoms with E-state index in [0.717, 1.165) is 30.1 Å². The first kappa shape index (κ1) is 20.3. The van der Waals surface area contributed by atoms with Crippen molar-refractivity contribution in [3.8, 4) is 5.75 Å². The Morgan fingerprint density at radius 1 is 1.07 bits per heavy atom. The lowest BCUT2D eigenvalue weighted by Gasteiger charge is -2.34. The maximum absolute atomic E-state index is 12.8. The molecule has 0 spiro atoms. The van der Waals surface area contributed by atoms with Crippen LogP contribution in [0.3, 0.4) is 0 Å². The van der Waals surface area contributed by atoms with Crippen LogP contribution < -0.4 is 15.4 Å². The van der Waals surface area contributed by atoms with Gasteiger partial charge in [-0.1, -0.05) is 30.3 Å². The summed E-state index contributed by atoms with van der Waals surface area (Å²) >= 11 is 0. The van der Waals surface area contributed by atoms with Crippen molar-refractivity contribution in [2.45, 2.75) is 25.0 Å². The molecule has 1 heterocycles. The SMILES string of the molecule is COC1(C(=O)Nc2cccc(COCCOc3ccccc3)c2)CCNCC1. The van der Waals surface area contributed by atoms with Gasteiger partial charge in [-0.05, 0) is 55.8 Å². The number of rotatable bonds is 9. The molecule has 1 aliphatic rings. The monoisotopic (exact) mass is 384 g/mol. The Labute approximate surface area is 166 Å². The van der Waals surface area contributed by atoms with Gasteiger partial charge in [0.05, 0.1) is 13.2 Å². The van der Waals surface area contributed by atoms with E-state index in [1.165, 1.54) is 0 Å². The van der Waals surface area contributed by atoms with Gasteiger partial charge in [-0.3, -0.25) is 4.79 Å². The van der Waals surface area contributed by atoms with Crippen LogP contribution in [0.4, 0.5) is 5.69 Å². The van der Waals surface area contributed by atoms with E-state index in [0.29, 0.717) is 32.7 Å². The molecule has 0 bridgehead atoms. The van der Waals surface area contributed by atoms with Gasteiger partial charge in [0.1, 0.15) is 18.0 Å². The van der Waals surface area contributed by atoms with Crippen LogP contribution in [-0.4, -0.2) is 44.9 Å². The average molecular weight is 384 g/mol. The molecule has 0 aromatic heterocycles. The minimum Gasteiger partial charge on any atom is -0.491 e. The number of carbonyl (C=O) groups excluding carboxylic acids is 1. The predicted molar refractivity (Wildman–Crippen MR) is 109 cm³/mol. The van der Waals surface area contributed by atoms with E-state index in [4.69, 9.17) is 14.2 Å². The van der Waals surface area contributed by atoms with Crippen LogP contribution in [0.1, 0.15) is 18.4 Å². The number of amides is 1. The van der Waals surface area contributed by atoms with Crippen LogP contribution in [0.25, 0.3) is 0 Å². The Morgan fingerprint density at radius 2 is 1.86 bits per heavy atom. The second-order valence-electron chi connectivity index (χ2n) is 6.82. The van der Waals surface area contributed by atoms with Crippen LogP contribution >= 0.6 is 0 Å². The molecule has 3 rings (SSSR count). The number of hydrogen-bond acceptors (Lipinski definition) is 5. The van der Waals surface area contributed by atoms with Crippen molar-refractivity contribution < 1.29 is 19.0 Å². The number of carbonyl (C=O) groups is 1. The standard InChI is InChI=1S/C22H28N2O4/c1-26-22(10-12-23-13-11-22)21(25)24-19-7-5-6-18(16-19)17-27-14-15-28-20-8-3-2-4-9-20/h2-9,16,23H,10-15,17H2,1H3,(H,24,25). The van der Waals surface area contributed by atoms with E-state index in [-0.39, 0.29) is 5.91 Å². The molecule has 0 saturated carbocycles. The Morgan fingerprint density at radius 3 is 2.61 bits per heavy atom. The van der Waals surface area contributed by atoms with E-state index in [1.807, 2.05) is 54.6 Å². The Bertz CT molecular complexity index is 745. The van der Waals surface area contributed by atoms with Crippen LogP contribution in [0.2, 0.25) is 0 Å². The average Bonchev–Trinajstić information content (AvgIpc) is 2.75. The fourth-order valence-electron chi connectivity index (χ4n) is 3.26. The zero-order valence-electron chi connectivity index (χ0n) is 16.3. The maximum Gasteiger partial charge on any atom is 0.256 e. The van der Waals surface area contributed by atoms with Crippen molar-refractivity contribution in [2.24, 2.45) is 0 Å². The van der Waals surface area contributed by atoms with E-state index in [2.05, 4.69) is 10.6 Å². The fourth-order valence-corrected chi connectivity index (χ4v) is 3.26. The molecule has 28 heavy (non-hydrogen) atoms. The highest BCUT2D eigenvalue weighted by Gasteiger charge is 2.39. The molecule has 1 fully saturated rings. The van der Waals surface area contributed by atoms with Crippen LogP contribution in [0.15, 0.2) is 54.6 Å². The molecule has 1 saturated heterocycles. The van der Waals surface area contributed by atoms with Gasteiger partial charge in [0.15, 0.2) is 0 Å². The molecule has 0 atom stereocenters. The predicted octanol–water partition coefficient (Wildman–Crippen LogP) is 2.99. The zero-order valence-corrected chi connectivity index (χ0v) is 16.3. The van der Waals surface area contributed by atoms with Gasteiger partial charge in [-0.15, -0.1) is 0 Å². The first-order valence-corrected chi connectivity index (χ1v) is 9.64. The molecular weight excluding hydrogens is 356 g/mol. The van der Waals surface area contributed by atoms with Gasteiger partial charge >= 0.3 is 0 Å². The molecule has 0 aliphatic carbocycles. The molecule has 1 amide bonds. The number of benzene rings is 2. The third-order valence-electron chi connectivity index (χ3n) is 4.91. The summed E-state index contributed by atoms with van der Waals surface area (Å²) in [6.07, 6.45) is 1.33. The summed E-state index contributed by atoms with van der Waals surface area (Å²) in [7, 11) is 1.60. The van der Waals surface area contributed by atoms with Crippen LogP contribution in [0.5, 0.6) is 5.75 Å². The Balaban J connectivity index is 1.46. The van der Waals surface area contributed by atoms with Gasteiger partial charge in [0.2, 0.25) is 0 Å². The zero-order chi connectivity index (χ0) is 19.7. The summed E-state index contributed by atoms with van der Waals surface area (Å²) in [5.74, 6) is 0.742. The molecule has 2 aromatic carbocycles. The lowest BCUT2D eigenvalue weighted by Crippen LogP contribution is -2.51. The Kier molecular flexibility index (Phi) is 7.42. The van der Waals surface area contributed by atoms with Crippen molar-refractivity contribution >= 4 is 11.6 Å². The number of nitrogens with one attached hydrogen (secondary N) is 2. The number of hydrogen-bond donors (Lipinski definition) is 2. The molecule has 1 aliphatic heterocycles. The molecule has 6 heteroatoms. The number of piperidine rings is 1. The third-order valence-corrected chi connectivity index (χ3v) is 4.91. The first-order chi connectivity index (χ1) is 13.7.